The van der Waals surface area contributed by atoms with Gasteiger partial charge in [0.05, 0.1) is 9.82 Å². The van der Waals surface area contributed by atoms with Crippen LogP contribution in [0.5, 0.6) is 0 Å². The van der Waals surface area contributed by atoms with Gasteiger partial charge in [-0.15, -0.1) is 0 Å². The molecule has 1 saturated heterocycles. The van der Waals surface area contributed by atoms with Crippen molar-refractivity contribution in [3.63, 3.8) is 0 Å². The van der Waals surface area contributed by atoms with Crippen molar-refractivity contribution in [1.82, 2.24) is 4.31 Å². The molecule has 2 aromatic rings. The zero-order chi connectivity index (χ0) is 24.3. The van der Waals surface area contributed by atoms with Gasteiger partial charge in [-0.3, -0.25) is 19.7 Å². The highest BCUT2D eigenvalue weighted by Gasteiger charge is 2.40. The molecular weight excluding hydrogens is 474 g/mol. The third-order valence-corrected chi connectivity index (χ3v) is 7.50. The van der Waals surface area contributed by atoms with Gasteiger partial charge < -0.3 is 10.1 Å². The second-order valence-electron chi connectivity index (χ2n) is 7.59. The van der Waals surface area contributed by atoms with E-state index in [1.807, 2.05) is 0 Å². The van der Waals surface area contributed by atoms with Gasteiger partial charge in [-0.2, -0.15) is 4.31 Å². The summed E-state index contributed by atoms with van der Waals surface area (Å²) in [5.41, 5.74) is 1.13. The van der Waals surface area contributed by atoms with Crippen LogP contribution in [0.3, 0.4) is 0 Å². The molecule has 1 aliphatic heterocycles. The largest absolute Gasteiger partial charge is 0.454 e. The van der Waals surface area contributed by atoms with E-state index in [1.165, 1.54) is 36.4 Å². The van der Waals surface area contributed by atoms with E-state index < -0.39 is 39.5 Å². The van der Waals surface area contributed by atoms with Gasteiger partial charge >= 0.3 is 5.97 Å². The minimum atomic E-state index is -3.96. The first kappa shape index (κ1) is 24.6. The van der Waals surface area contributed by atoms with Crippen molar-refractivity contribution in [1.29, 1.82) is 0 Å². The number of nitro benzene ring substituents is 1. The highest BCUT2D eigenvalue weighted by atomic mass is 35.5. The molecule has 0 spiro atoms. The van der Waals surface area contributed by atoms with Crippen molar-refractivity contribution in [3.05, 3.63) is 62.7 Å². The molecule has 2 aromatic carbocycles. The van der Waals surface area contributed by atoms with Crippen molar-refractivity contribution in [2.75, 3.05) is 18.5 Å². The first-order valence-electron chi connectivity index (χ1n) is 10.00. The molecule has 1 atom stereocenters. The fourth-order valence-corrected chi connectivity index (χ4v) is 5.25. The summed E-state index contributed by atoms with van der Waals surface area (Å²) < 4.78 is 32.0. The molecule has 3 rings (SSSR count). The summed E-state index contributed by atoms with van der Waals surface area (Å²) in [6.07, 6.45) is 0.698. The summed E-state index contributed by atoms with van der Waals surface area (Å²) in [5.74, 6) is -1.64. The Labute approximate surface area is 195 Å². The number of nitrogens with zero attached hydrogens (tertiary/aromatic N) is 2. The smallest absolute Gasteiger partial charge is 0.324 e. The van der Waals surface area contributed by atoms with E-state index in [1.54, 1.807) is 13.8 Å². The molecule has 1 N–H and O–H groups in total. The quantitative estimate of drug-likeness (QED) is 0.354. The Kier molecular flexibility index (Phi) is 7.35. The molecule has 10 nitrogen and oxygen atoms in total. The van der Waals surface area contributed by atoms with Crippen molar-refractivity contribution >= 4 is 44.9 Å². The molecule has 33 heavy (non-hydrogen) atoms. The Bertz CT molecular complexity index is 1200. The van der Waals surface area contributed by atoms with Crippen LogP contribution in [0.15, 0.2) is 41.3 Å². The first-order valence-corrected chi connectivity index (χ1v) is 11.8. The second-order valence-corrected chi connectivity index (χ2v) is 9.92. The van der Waals surface area contributed by atoms with E-state index in [0.717, 1.165) is 9.87 Å². The van der Waals surface area contributed by atoms with Gasteiger partial charge in [0.1, 0.15) is 11.7 Å². The maximum absolute atomic E-state index is 12.9. The van der Waals surface area contributed by atoms with Crippen LogP contribution in [0, 0.1) is 24.0 Å². The molecule has 0 unspecified atom stereocenters. The monoisotopic (exact) mass is 495 g/mol. The Morgan fingerprint density at radius 2 is 1.85 bits per heavy atom. The number of amides is 1. The summed E-state index contributed by atoms with van der Waals surface area (Å²) in [6.45, 7) is 2.87. The van der Waals surface area contributed by atoms with Crippen LogP contribution in [-0.4, -0.2) is 48.7 Å². The van der Waals surface area contributed by atoms with Crippen LogP contribution >= 0.6 is 11.6 Å². The molecule has 0 radical (unpaired) electrons. The molecule has 0 bridgehead atoms. The molecule has 1 amide bonds. The molecule has 0 saturated carbocycles. The zero-order valence-electron chi connectivity index (χ0n) is 17.9. The van der Waals surface area contributed by atoms with Gasteiger partial charge in [0.2, 0.25) is 10.0 Å². The van der Waals surface area contributed by atoms with Gasteiger partial charge in [0.15, 0.2) is 6.61 Å². The Morgan fingerprint density at radius 1 is 1.21 bits per heavy atom. The Hall–Kier alpha value is -3.02. The number of esters is 1. The molecule has 0 aliphatic carbocycles. The predicted molar refractivity (Wildman–Crippen MR) is 121 cm³/mol. The summed E-state index contributed by atoms with van der Waals surface area (Å²) in [6, 6.07) is 7.31. The number of benzene rings is 2. The van der Waals surface area contributed by atoms with Crippen LogP contribution in [0.1, 0.15) is 24.0 Å². The van der Waals surface area contributed by atoms with E-state index in [4.69, 9.17) is 16.3 Å². The molecule has 1 fully saturated rings. The topological polar surface area (TPSA) is 136 Å². The number of carbonyl (C=O) groups excluding carboxylic acids is 2. The molecule has 0 aromatic heterocycles. The number of sulfonamides is 1. The minimum absolute atomic E-state index is 0.00797. The van der Waals surface area contributed by atoms with E-state index in [-0.39, 0.29) is 29.2 Å². The number of carbonyl (C=O) groups is 2. The van der Waals surface area contributed by atoms with Crippen molar-refractivity contribution < 1.29 is 27.7 Å². The van der Waals surface area contributed by atoms with E-state index >= 15 is 0 Å². The second kappa shape index (κ2) is 9.86. The summed E-state index contributed by atoms with van der Waals surface area (Å²) in [5, 5.41) is 14.0. The van der Waals surface area contributed by atoms with Crippen LogP contribution in [0.25, 0.3) is 0 Å². The summed E-state index contributed by atoms with van der Waals surface area (Å²) >= 11 is 5.82. The van der Waals surface area contributed by atoms with Crippen molar-refractivity contribution in [3.8, 4) is 0 Å². The fraction of sp³-hybridized carbons (Fsp3) is 0.333. The number of nitrogens with one attached hydrogen (secondary N) is 1. The number of hydrogen-bond donors (Lipinski definition) is 1. The summed E-state index contributed by atoms with van der Waals surface area (Å²) in [7, 11) is -3.96. The molecule has 1 aliphatic rings. The lowest BCUT2D eigenvalue weighted by atomic mass is 10.1. The van der Waals surface area contributed by atoms with Crippen molar-refractivity contribution in [2.24, 2.45) is 0 Å². The third-order valence-electron chi connectivity index (χ3n) is 5.32. The number of halogens is 1. The number of ether oxygens (including phenoxy) is 1. The SMILES string of the molecule is Cc1cc(NC(=O)COC(=O)[C@@H]2CCCN2S(=O)(=O)c2ccc(Cl)cc2)c([N+](=O)[O-])cc1C. The number of nitro groups is 1. The average molecular weight is 496 g/mol. The Morgan fingerprint density at radius 3 is 2.48 bits per heavy atom. The normalized spacial score (nSPS) is 16.4. The van der Waals surface area contributed by atoms with Crippen LogP contribution in [0.4, 0.5) is 11.4 Å². The van der Waals surface area contributed by atoms with Gasteiger partial charge in [-0.05, 0) is 68.1 Å². The fourth-order valence-electron chi connectivity index (χ4n) is 3.48. The van der Waals surface area contributed by atoms with Gasteiger partial charge in [0.25, 0.3) is 11.6 Å². The standard InChI is InChI=1S/C21H22ClN3O7S/c1-13-10-17(19(25(28)29)11-14(13)2)23-20(26)12-32-21(27)18-4-3-9-24(18)33(30,31)16-7-5-15(22)6-8-16/h5-8,10-11,18H,3-4,9,12H2,1-2H3,(H,23,26)/t18-/m0/s1. The first-order chi connectivity index (χ1) is 15.5. The number of anilines is 1. The van der Waals surface area contributed by atoms with E-state index in [0.29, 0.717) is 17.0 Å². The van der Waals surface area contributed by atoms with Gasteiger partial charge in [-0.25, -0.2) is 8.42 Å². The van der Waals surface area contributed by atoms with Crippen LogP contribution in [-0.2, 0) is 24.3 Å². The molecule has 1 heterocycles. The molecular formula is C21H22ClN3O7S. The van der Waals surface area contributed by atoms with E-state index in [9.17, 15) is 28.1 Å². The lowest BCUT2D eigenvalue weighted by molar-refractivity contribution is -0.384. The van der Waals surface area contributed by atoms with Gasteiger partial charge in [0, 0.05) is 17.6 Å². The number of hydrogen-bond acceptors (Lipinski definition) is 7. The lowest BCUT2D eigenvalue weighted by Crippen LogP contribution is -2.42. The molecule has 12 heteroatoms. The maximum Gasteiger partial charge on any atom is 0.324 e. The van der Waals surface area contributed by atoms with Crippen LogP contribution < -0.4 is 5.32 Å². The predicted octanol–water partition coefficient (Wildman–Crippen LogP) is 3.20. The summed E-state index contributed by atoms with van der Waals surface area (Å²) in [4.78, 5) is 35.5. The van der Waals surface area contributed by atoms with Gasteiger partial charge in [-0.1, -0.05) is 11.6 Å². The maximum atomic E-state index is 12.9. The highest BCUT2D eigenvalue weighted by molar-refractivity contribution is 7.89. The Balaban J connectivity index is 1.67. The minimum Gasteiger partial charge on any atom is -0.454 e. The number of rotatable bonds is 7. The van der Waals surface area contributed by atoms with Crippen LogP contribution in [0.2, 0.25) is 5.02 Å². The average Bonchev–Trinajstić information content (AvgIpc) is 3.25. The third kappa shape index (κ3) is 5.49. The highest BCUT2D eigenvalue weighted by Crippen LogP contribution is 2.29. The zero-order valence-corrected chi connectivity index (χ0v) is 19.5. The number of aryl methyl sites for hydroxylation is 2. The molecule has 176 valence electrons. The van der Waals surface area contributed by atoms with E-state index in [2.05, 4.69) is 5.32 Å². The lowest BCUT2D eigenvalue weighted by Gasteiger charge is -2.22. The van der Waals surface area contributed by atoms with Crippen molar-refractivity contribution in [2.45, 2.75) is 37.6 Å².